The van der Waals surface area contributed by atoms with E-state index < -0.39 is 11.4 Å². The number of halogens is 2. The highest BCUT2D eigenvalue weighted by Gasteiger charge is 2.40. The topological polar surface area (TPSA) is 29.5 Å². The van der Waals surface area contributed by atoms with Gasteiger partial charge in [0.05, 0.1) is 17.2 Å². The lowest BCUT2D eigenvalue weighted by molar-refractivity contribution is 0.149. The summed E-state index contributed by atoms with van der Waals surface area (Å²) in [6.45, 7) is 0.394. The molecule has 1 aliphatic rings. The Balaban J connectivity index is 2.27. The van der Waals surface area contributed by atoms with E-state index in [0.717, 1.165) is 18.4 Å². The zero-order chi connectivity index (χ0) is 11.8. The third-order valence-corrected chi connectivity index (χ3v) is 3.10. The van der Waals surface area contributed by atoms with Gasteiger partial charge in [0.2, 0.25) is 0 Å². The van der Waals surface area contributed by atoms with Crippen LogP contribution < -0.4 is 0 Å². The van der Waals surface area contributed by atoms with Crippen LogP contribution in [0.1, 0.15) is 24.0 Å². The second kappa shape index (κ2) is 4.32. The Kier molecular flexibility index (Phi) is 3.19. The monoisotopic (exact) mass is 244 g/mol. The predicted molar refractivity (Wildman–Crippen MR) is 60.0 cm³/mol. The third kappa shape index (κ3) is 2.54. The highest BCUT2D eigenvalue weighted by atomic mass is 35.5. The average Bonchev–Trinajstić information content (AvgIpc) is 2.92. The number of rotatable bonds is 4. The van der Waals surface area contributed by atoms with Gasteiger partial charge in [-0.2, -0.15) is 0 Å². The number of hydrogen-bond acceptors (Lipinski definition) is 2. The molecule has 0 bridgehead atoms. The van der Waals surface area contributed by atoms with E-state index in [9.17, 15) is 9.50 Å². The van der Waals surface area contributed by atoms with Crippen molar-refractivity contribution in [3.63, 3.8) is 0 Å². The number of benzene rings is 1. The molecule has 1 aliphatic carbocycles. The summed E-state index contributed by atoms with van der Waals surface area (Å²) in [7, 11) is 1.57. The van der Waals surface area contributed by atoms with Crippen LogP contribution in [0.2, 0.25) is 5.02 Å². The first-order chi connectivity index (χ1) is 7.54. The minimum atomic E-state index is -0.712. The standard InChI is InChI=1S/C12H14ClFO2/c1-16-7-8-4-9(6-12(15)2-3-12)11(14)10(13)5-8/h4-5,15H,2-3,6-7H2,1H3. The molecular weight excluding hydrogens is 231 g/mol. The second-order valence-corrected chi connectivity index (χ2v) is 4.79. The molecule has 0 heterocycles. The SMILES string of the molecule is COCc1cc(Cl)c(F)c(CC2(O)CC2)c1. The van der Waals surface area contributed by atoms with Crippen LogP contribution >= 0.6 is 11.6 Å². The van der Waals surface area contributed by atoms with E-state index in [0.29, 0.717) is 18.6 Å². The quantitative estimate of drug-likeness (QED) is 0.883. The molecular formula is C12H14ClFO2. The van der Waals surface area contributed by atoms with Gasteiger partial charge in [-0.05, 0) is 30.0 Å². The van der Waals surface area contributed by atoms with E-state index in [2.05, 4.69) is 0 Å². The molecule has 0 atom stereocenters. The zero-order valence-corrected chi connectivity index (χ0v) is 9.85. The molecule has 0 radical (unpaired) electrons. The maximum atomic E-state index is 13.7. The highest BCUT2D eigenvalue weighted by Crippen LogP contribution is 2.39. The number of ether oxygens (including phenoxy) is 1. The van der Waals surface area contributed by atoms with Crippen molar-refractivity contribution in [3.05, 3.63) is 34.1 Å². The van der Waals surface area contributed by atoms with Crippen LogP contribution in [0.4, 0.5) is 4.39 Å². The second-order valence-electron chi connectivity index (χ2n) is 4.38. The van der Waals surface area contributed by atoms with E-state index in [1.54, 1.807) is 19.2 Å². The van der Waals surface area contributed by atoms with Crippen molar-refractivity contribution in [1.82, 2.24) is 0 Å². The Morgan fingerprint density at radius 1 is 1.50 bits per heavy atom. The number of hydrogen-bond donors (Lipinski definition) is 1. The Hall–Kier alpha value is -0.640. The summed E-state index contributed by atoms with van der Waals surface area (Å²) in [6, 6.07) is 3.27. The number of methoxy groups -OCH3 is 1. The van der Waals surface area contributed by atoms with Gasteiger partial charge in [0.1, 0.15) is 5.82 Å². The summed E-state index contributed by atoms with van der Waals surface area (Å²) in [6.07, 6.45) is 1.80. The van der Waals surface area contributed by atoms with Gasteiger partial charge in [0.15, 0.2) is 0 Å². The molecule has 0 spiro atoms. The maximum Gasteiger partial charge on any atom is 0.145 e. The first-order valence-electron chi connectivity index (χ1n) is 5.22. The fourth-order valence-corrected chi connectivity index (χ4v) is 2.02. The summed E-state index contributed by atoms with van der Waals surface area (Å²) in [5.74, 6) is -0.429. The van der Waals surface area contributed by atoms with Crippen LogP contribution in [0.3, 0.4) is 0 Å². The van der Waals surface area contributed by atoms with Crippen LogP contribution in [-0.4, -0.2) is 17.8 Å². The van der Waals surface area contributed by atoms with Gasteiger partial charge in [-0.3, -0.25) is 0 Å². The third-order valence-electron chi connectivity index (χ3n) is 2.82. The zero-order valence-electron chi connectivity index (χ0n) is 9.09. The Morgan fingerprint density at radius 2 is 2.19 bits per heavy atom. The smallest absolute Gasteiger partial charge is 0.145 e. The predicted octanol–water partition coefficient (Wildman–Crippen LogP) is 2.69. The number of aliphatic hydroxyl groups is 1. The van der Waals surface area contributed by atoms with E-state index >= 15 is 0 Å². The van der Waals surface area contributed by atoms with Crippen molar-refractivity contribution < 1.29 is 14.2 Å². The largest absolute Gasteiger partial charge is 0.390 e. The van der Waals surface area contributed by atoms with Gasteiger partial charge >= 0.3 is 0 Å². The van der Waals surface area contributed by atoms with E-state index in [4.69, 9.17) is 16.3 Å². The van der Waals surface area contributed by atoms with E-state index in [-0.39, 0.29) is 5.02 Å². The molecule has 16 heavy (non-hydrogen) atoms. The molecule has 4 heteroatoms. The van der Waals surface area contributed by atoms with Gasteiger partial charge in [0, 0.05) is 13.5 Å². The molecule has 2 rings (SSSR count). The maximum absolute atomic E-state index is 13.7. The average molecular weight is 245 g/mol. The summed E-state index contributed by atoms with van der Waals surface area (Å²) in [5, 5.41) is 9.87. The Bertz CT molecular complexity index is 402. The molecule has 1 N–H and O–H groups in total. The lowest BCUT2D eigenvalue weighted by Gasteiger charge is -2.11. The van der Waals surface area contributed by atoms with Crippen LogP contribution in [0.5, 0.6) is 0 Å². The van der Waals surface area contributed by atoms with Crippen molar-refractivity contribution >= 4 is 11.6 Å². The van der Waals surface area contributed by atoms with Gasteiger partial charge in [0.25, 0.3) is 0 Å². The van der Waals surface area contributed by atoms with E-state index in [1.165, 1.54) is 0 Å². The molecule has 88 valence electrons. The molecule has 2 nitrogen and oxygen atoms in total. The molecule has 1 aromatic carbocycles. The van der Waals surface area contributed by atoms with Crippen molar-refractivity contribution in [2.24, 2.45) is 0 Å². The van der Waals surface area contributed by atoms with Gasteiger partial charge in [-0.1, -0.05) is 17.7 Å². The summed E-state index contributed by atoms with van der Waals surface area (Å²) in [4.78, 5) is 0. The van der Waals surface area contributed by atoms with Crippen molar-refractivity contribution in [3.8, 4) is 0 Å². The fourth-order valence-electron chi connectivity index (χ4n) is 1.76. The van der Waals surface area contributed by atoms with Crippen LogP contribution in [0, 0.1) is 5.82 Å². The molecule has 1 fully saturated rings. The van der Waals surface area contributed by atoms with Crippen molar-refractivity contribution in [1.29, 1.82) is 0 Å². The molecule has 0 aromatic heterocycles. The molecule has 1 aromatic rings. The molecule has 0 saturated heterocycles. The lowest BCUT2D eigenvalue weighted by atomic mass is 10.0. The Labute approximate surface area is 99.0 Å². The molecule has 1 saturated carbocycles. The summed E-state index contributed by atoms with van der Waals surface area (Å²) in [5.41, 5.74) is 0.586. The van der Waals surface area contributed by atoms with Crippen LogP contribution in [0.15, 0.2) is 12.1 Å². The van der Waals surface area contributed by atoms with Gasteiger partial charge in [-0.25, -0.2) is 4.39 Å². The van der Waals surface area contributed by atoms with E-state index in [1.807, 2.05) is 0 Å². The minimum Gasteiger partial charge on any atom is -0.390 e. The first kappa shape index (κ1) is 11.8. The van der Waals surface area contributed by atoms with Gasteiger partial charge in [-0.15, -0.1) is 0 Å². The van der Waals surface area contributed by atoms with Crippen LogP contribution in [-0.2, 0) is 17.8 Å². The lowest BCUT2D eigenvalue weighted by Crippen LogP contribution is -2.12. The molecule has 0 unspecified atom stereocenters. The highest BCUT2D eigenvalue weighted by molar-refractivity contribution is 6.30. The first-order valence-corrected chi connectivity index (χ1v) is 5.60. The molecule has 0 amide bonds. The summed E-state index contributed by atoms with van der Waals surface area (Å²) < 4.78 is 18.7. The molecule has 0 aliphatic heterocycles. The normalized spacial score (nSPS) is 17.5. The summed E-state index contributed by atoms with van der Waals surface area (Å²) >= 11 is 5.79. The minimum absolute atomic E-state index is 0.0915. The van der Waals surface area contributed by atoms with Gasteiger partial charge < -0.3 is 9.84 Å². The van der Waals surface area contributed by atoms with Crippen LogP contribution in [0.25, 0.3) is 0 Å². The van der Waals surface area contributed by atoms with Crippen molar-refractivity contribution in [2.75, 3.05) is 7.11 Å². The Morgan fingerprint density at radius 3 is 2.75 bits per heavy atom. The fraction of sp³-hybridized carbons (Fsp3) is 0.500. The van der Waals surface area contributed by atoms with Crippen molar-refractivity contribution in [2.45, 2.75) is 31.5 Å².